The highest BCUT2D eigenvalue weighted by atomic mass is 35.5. The van der Waals surface area contributed by atoms with Gasteiger partial charge in [-0.1, -0.05) is 11.6 Å². The van der Waals surface area contributed by atoms with Crippen LogP contribution in [0.5, 0.6) is 11.5 Å². The summed E-state index contributed by atoms with van der Waals surface area (Å²) in [6.45, 7) is 1.61. The van der Waals surface area contributed by atoms with Crippen molar-refractivity contribution in [3.05, 3.63) is 77.3 Å². The topological polar surface area (TPSA) is 120 Å². The van der Waals surface area contributed by atoms with Crippen LogP contribution in [0.15, 0.2) is 71.6 Å². The zero-order chi connectivity index (χ0) is 25.4. The van der Waals surface area contributed by atoms with E-state index in [-0.39, 0.29) is 28.9 Å². The summed E-state index contributed by atoms with van der Waals surface area (Å²) in [7, 11) is -2.39. The minimum absolute atomic E-state index is 0.0224. The largest absolute Gasteiger partial charge is 0.497 e. The maximum atomic E-state index is 12.7. The minimum atomic E-state index is -3.90. The lowest BCUT2D eigenvalue weighted by atomic mass is 10.2. The molecular weight excluding hydrogens is 496 g/mol. The monoisotopic (exact) mass is 518 g/mol. The number of rotatable bonds is 10. The molecule has 2 N–H and O–H groups in total. The Morgan fingerprint density at radius 2 is 1.60 bits per heavy atom. The maximum Gasteiger partial charge on any atom is 0.338 e. The molecule has 0 saturated carbocycles. The fraction of sp³-hybridized carbons (Fsp3) is 0.167. The van der Waals surface area contributed by atoms with Crippen molar-refractivity contribution in [2.24, 2.45) is 0 Å². The fourth-order valence-electron chi connectivity index (χ4n) is 2.88. The second kappa shape index (κ2) is 11.6. The molecule has 3 aromatic carbocycles. The summed E-state index contributed by atoms with van der Waals surface area (Å²) in [5.41, 5.74) is 1.18. The van der Waals surface area contributed by atoms with Gasteiger partial charge in [0.15, 0.2) is 6.61 Å². The molecule has 184 valence electrons. The molecule has 0 aliphatic heterocycles. The molecular formula is C24H23ClN2O7S. The Bertz CT molecular complexity index is 1290. The van der Waals surface area contributed by atoms with Crippen molar-refractivity contribution in [2.45, 2.75) is 11.8 Å². The van der Waals surface area contributed by atoms with Crippen LogP contribution in [0.25, 0.3) is 0 Å². The number of ether oxygens (including phenoxy) is 3. The Balaban J connectivity index is 1.58. The summed E-state index contributed by atoms with van der Waals surface area (Å²) in [5.74, 6) is -0.186. The van der Waals surface area contributed by atoms with Gasteiger partial charge in [0.05, 0.1) is 29.2 Å². The van der Waals surface area contributed by atoms with Crippen molar-refractivity contribution in [3.63, 3.8) is 0 Å². The number of amides is 1. The van der Waals surface area contributed by atoms with E-state index in [4.69, 9.17) is 25.8 Å². The molecule has 0 aliphatic rings. The molecule has 3 rings (SSSR count). The van der Waals surface area contributed by atoms with Crippen LogP contribution in [0.2, 0.25) is 5.02 Å². The van der Waals surface area contributed by atoms with Crippen LogP contribution < -0.4 is 19.5 Å². The molecule has 0 atom stereocenters. The third kappa shape index (κ3) is 7.11. The molecule has 9 nitrogen and oxygen atoms in total. The van der Waals surface area contributed by atoms with E-state index in [1.807, 2.05) is 0 Å². The van der Waals surface area contributed by atoms with Crippen LogP contribution in [-0.2, 0) is 19.6 Å². The number of halogens is 1. The quantitative estimate of drug-likeness (QED) is 0.383. The Hall–Kier alpha value is -3.76. The number of sulfonamides is 1. The van der Waals surface area contributed by atoms with Crippen molar-refractivity contribution in [3.8, 4) is 11.5 Å². The molecule has 1 amide bonds. The highest BCUT2D eigenvalue weighted by Gasteiger charge is 2.17. The van der Waals surface area contributed by atoms with Crippen molar-refractivity contribution in [2.75, 3.05) is 30.4 Å². The Morgan fingerprint density at radius 3 is 2.20 bits per heavy atom. The summed E-state index contributed by atoms with van der Waals surface area (Å²) in [5, 5.41) is 2.65. The Labute approximate surface area is 208 Å². The molecule has 0 aromatic heterocycles. The molecule has 0 saturated heterocycles. The summed E-state index contributed by atoms with van der Waals surface area (Å²) in [4.78, 5) is 23.8. The number of carbonyl (C=O) groups excluding carboxylic acids is 2. The number of nitrogens with one attached hydrogen (secondary N) is 2. The van der Waals surface area contributed by atoms with E-state index in [1.54, 1.807) is 43.3 Å². The lowest BCUT2D eigenvalue weighted by molar-refractivity contribution is -0.118. The molecule has 0 aliphatic carbocycles. The first-order chi connectivity index (χ1) is 16.7. The highest BCUT2D eigenvalue weighted by molar-refractivity contribution is 7.92. The van der Waals surface area contributed by atoms with Gasteiger partial charge in [-0.05, 0) is 73.7 Å². The molecule has 0 spiro atoms. The van der Waals surface area contributed by atoms with E-state index in [9.17, 15) is 18.0 Å². The molecule has 0 fully saturated rings. The second-order valence-corrected chi connectivity index (χ2v) is 9.15. The first kappa shape index (κ1) is 25.9. The molecule has 0 radical (unpaired) electrons. The van der Waals surface area contributed by atoms with Gasteiger partial charge in [-0.15, -0.1) is 0 Å². The van der Waals surface area contributed by atoms with Gasteiger partial charge in [0, 0.05) is 11.4 Å². The van der Waals surface area contributed by atoms with Crippen LogP contribution in [0.1, 0.15) is 17.3 Å². The average molecular weight is 519 g/mol. The van der Waals surface area contributed by atoms with E-state index in [0.29, 0.717) is 22.7 Å². The van der Waals surface area contributed by atoms with Crippen molar-refractivity contribution >= 4 is 44.9 Å². The number of esters is 1. The first-order valence-electron chi connectivity index (χ1n) is 10.4. The molecule has 3 aromatic rings. The van der Waals surface area contributed by atoms with Gasteiger partial charge < -0.3 is 19.5 Å². The van der Waals surface area contributed by atoms with Crippen LogP contribution in [0.4, 0.5) is 11.4 Å². The van der Waals surface area contributed by atoms with Gasteiger partial charge >= 0.3 is 5.97 Å². The number of hydrogen-bond donors (Lipinski definition) is 2. The van der Waals surface area contributed by atoms with Crippen molar-refractivity contribution in [1.82, 2.24) is 0 Å². The summed E-state index contributed by atoms with van der Waals surface area (Å²) in [6, 6.07) is 16.5. The number of hydrogen-bond acceptors (Lipinski definition) is 7. The van der Waals surface area contributed by atoms with E-state index in [0.717, 1.165) is 0 Å². The van der Waals surface area contributed by atoms with Gasteiger partial charge in [-0.2, -0.15) is 0 Å². The van der Waals surface area contributed by atoms with E-state index < -0.39 is 21.9 Å². The number of anilines is 2. The molecule has 0 unspecified atom stereocenters. The smallest absolute Gasteiger partial charge is 0.338 e. The third-order valence-corrected chi connectivity index (χ3v) is 6.27. The summed E-state index contributed by atoms with van der Waals surface area (Å²) < 4.78 is 43.2. The van der Waals surface area contributed by atoms with Gasteiger partial charge in [-0.25, -0.2) is 13.2 Å². The normalized spacial score (nSPS) is 10.8. The SMILES string of the molecule is CCOC(=O)c1ccc(NC(=O)COc2ccc(S(=O)(=O)Nc3ccc(OC)cc3)cc2Cl)cc1. The van der Waals surface area contributed by atoms with Crippen molar-refractivity contribution < 1.29 is 32.2 Å². The molecule has 0 bridgehead atoms. The predicted molar refractivity (Wildman–Crippen MR) is 132 cm³/mol. The maximum absolute atomic E-state index is 12.7. The van der Waals surface area contributed by atoms with Gasteiger partial charge in [0.25, 0.3) is 15.9 Å². The summed E-state index contributed by atoms with van der Waals surface area (Å²) in [6.07, 6.45) is 0. The van der Waals surface area contributed by atoms with Gasteiger partial charge in [0.1, 0.15) is 11.5 Å². The van der Waals surface area contributed by atoms with Gasteiger partial charge in [-0.3, -0.25) is 9.52 Å². The van der Waals surface area contributed by atoms with E-state index in [1.165, 1.54) is 37.4 Å². The Morgan fingerprint density at radius 1 is 0.943 bits per heavy atom. The fourth-order valence-corrected chi connectivity index (χ4v) is 4.27. The van der Waals surface area contributed by atoms with Crippen LogP contribution in [-0.4, -0.2) is 40.6 Å². The zero-order valence-electron chi connectivity index (χ0n) is 18.9. The van der Waals surface area contributed by atoms with Crippen LogP contribution in [0, 0.1) is 0 Å². The lowest BCUT2D eigenvalue weighted by Gasteiger charge is -2.12. The molecule has 11 heteroatoms. The van der Waals surface area contributed by atoms with Crippen LogP contribution in [0.3, 0.4) is 0 Å². The first-order valence-corrected chi connectivity index (χ1v) is 12.2. The van der Waals surface area contributed by atoms with E-state index in [2.05, 4.69) is 10.0 Å². The minimum Gasteiger partial charge on any atom is -0.497 e. The average Bonchev–Trinajstić information content (AvgIpc) is 2.84. The number of benzene rings is 3. The second-order valence-electron chi connectivity index (χ2n) is 7.06. The van der Waals surface area contributed by atoms with Gasteiger partial charge in [0.2, 0.25) is 0 Å². The molecule has 0 heterocycles. The van der Waals surface area contributed by atoms with Crippen molar-refractivity contribution in [1.29, 1.82) is 0 Å². The zero-order valence-corrected chi connectivity index (χ0v) is 20.5. The highest BCUT2D eigenvalue weighted by Crippen LogP contribution is 2.28. The third-order valence-electron chi connectivity index (χ3n) is 4.59. The number of methoxy groups -OCH3 is 1. The lowest BCUT2D eigenvalue weighted by Crippen LogP contribution is -2.20. The van der Waals surface area contributed by atoms with Crippen LogP contribution >= 0.6 is 11.6 Å². The van der Waals surface area contributed by atoms with E-state index >= 15 is 0 Å². The molecule has 35 heavy (non-hydrogen) atoms. The standard InChI is InChI=1S/C24H23ClN2O7S/c1-3-33-24(29)16-4-6-17(7-5-16)26-23(28)15-34-22-13-12-20(14-21(22)25)35(30,31)27-18-8-10-19(32-2)11-9-18/h4-14,27H,3,15H2,1-2H3,(H,26,28). The summed E-state index contributed by atoms with van der Waals surface area (Å²) >= 11 is 6.19. The predicted octanol–water partition coefficient (Wildman–Crippen LogP) is 4.34. The number of carbonyl (C=O) groups is 2. The Kier molecular flexibility index (Phi) is 8.56.